The van der Waals surface area contributed by atoms with Crippen molar-refractivity contribution in [1.29, 1.82) is 0 Å². The summed E-state index contributed by atoms with van der Waals surface area (Å²) in [7, 11) is 0. The minimum absolute atomic E-state index is 0.228. The SMILES string of the molecule is CC(C)CCC[C@@H](C)[C@H]1CCC2C3CC=C4C[C@@H](OCCCC(=O)CCOCCOCCNC(=O)OC(C)(C)C)CC[C@]4(C)C3CC[C@@]21C. The third-order valence-corrected chi connectivity index (χ3v) is 13.0. The molecule has 0 radical (unpaired) electrons. The Morgan fingerprint density at radius 1 is 0.878 bits per heavy atom. The first-order valence-electron chi connectivity index (χ1n) is 20.2. The van der Waals surface area contributed by atoms with Crippen molar-refractivity contribution in [3.8, 4) is 0 Å². The fourth-order valence-electron chi connectivity index (χ4n) is 10.5. The average molecular weight is 688 g/mol. The molecule has 0 aromatic heterocycles. The third kappa shape index (κ3) is 11.3. The van der Waals surface area contributed by atoms with Crippen LogP contribution in [-0.2, 0) is 23.7 Å². The Hall–Kier alpha value is -1.44. The molecule has 282 valence electrons. The number of carbonyl (C=O) groups is 2. The van der Waals surface area contributed by atoms with E-state index in [9.17, 15) is 9.59 Å². The maximum Gasteiger partial charge on any atom is 0.407 e. The quantitative estimate of drug-likeness (QED) is 0.108. The molecule has 0 bridgehead atoms. The van der Waals surface area contributed by atoms with Crippen LogP contribution in [0, 0.1) is 46.3 Å². The second-order valence-corrected chi connectivity index (χ2v) is 18.1. The fourth-order valence-corrected chi connectivity index (χ4v) is 10.5. The average Bonchev–Trinajstić information content (AvgIpc) is 3.38. The van der Waals surface area contributed by atoms with Crippen molar-refractivity contribution >= 4 is 11.9 Å². The number of rotatable bonds is 19. The molecule has 4 aliphatic rings. The molecular weight excluding hydrogens is 614 g/mol. The van der Waals surface area contributed by atoms with Crippen LogP contribution in [0.1, 0.15) is 145 Å². The molecule has 1 N–H and O–H groups in total. The van der Waals surface area contributed by atoms with E-state index in [2.05, 4.69) is 46.0 Å². The first kappa shape index (κ1) is 40.3. The molecule has 0 heterocycles. The number of nitrogens with one attached hydrogen (secondary N) is 1. The summed E-state index contributed by atoms with van der Waals surface area (Å²) < 4.78 is 22.6. The zero-order valence-electron chi connectivity index (χ0n) is 32.7. The highest BCUT2D eigenvalue weighted by atomic mass is 16.6. The van der Waals surface area contributed by atoms with Gasteiger partial charge in [-0.1, -0.05) is 65.5 Å². The number of carbonyl (C=O) groups excluding carboxylic acids is 2. The van der Waals surface area contributed by atoms with Gasteiger partial charge in [0.1, 0.15) is 11.4 Å². The normalized spacial score (nSPS) is 31.8. The molecule has 3 unspecified atom stereocenters. The number of Topliss-reactive ketones (excluding diaryl/α,β-unsaturated/α-hetero) is 1. The molecule has 4 rings (SSSR count). The van der Waals surface area contributed by atoms with Gasteiger partial charge in [0, 0.05) is 26.0 Å². The van der Waals surface area contributed by atoms with Gasteiger partial charge in [-0.2, -0.15) is 0 Å². The Balaban J connectivity index is 1.09. The number of hydrogen-bond donors (Lipinski definition) is 1. The molecule has 0 aromatic carbocycles. The predicted molar refractivity (Wildman–Crippen MR) is 198 cm³/mol. The molecule has 0 aromatic rings. The Morgan fingerprint density at radius 2 is 1.63 bits per heavy atom. The lowest BCUT2D eigenvalue weighted by Crippen LogP contribution is -2.51. The molecular formula is C42H73NO6. The van der Waals surface area contributed by atoms with Gasteiger partial charge in [-0.05, 0) is 125 Å². The van der Waals surface area contributed by atoms with Crippen LogP contribution in [0.5, 0.6) is 0 Å². The second-order valence-electron chi connectivity index (χ2n) is 18.1. The first-order valence-corrected chi connectivity index (χ1v) is 20.2. The lowest BCUT2D eigenvalue weighted by atomic mass is 9.47. The smallest absolute Gasteiger partial charge is 0.407 e. The summed E-state index contributed by atoms with van der Waals surface area (Å²) in [6, 6.07) is 0. The van der Waals surface area contributed by atoms with Gasteiger partial charge in [0.2, 0.25) is 0 Å². The molecule has 49 heavy (non-hydrogen) atoms. The van der Waals surface area contributed by atoms with Crippen molar-refractivity contribution in [2.24, 2.45) is 46.3 Å². The van der Waals surface area contributed by atoms with Crippen molar-refractivity contribution in [2.75, 3.05) is 39.6 Å². The monoisotopic (exact) mass is 688 g/mol. The predicted octanol–water partition coefficient (Wildman–Crippen LogP) is 9.71. The van der Waals surface area contributed by atoms with E-state index in [1.165, 1.54) is 57.8 Å². The number of amides is 1. The highest BCUT2D eigenvalue weighted by Crippen LogP contribution is 2.67. The number of alkyl carbamates (subject to hydrolysis) is 1. The van der Waals surface area contributed by atoms with E-state index in [1.807, 2.05) is 20.8 Å². The molecule has 3 fully saturated rings. The molecule has 4 aliphatic carbocycles. The van der Waals surface area contributed by atoms with Gasteiger partial charge in [-0.25, -0.2) is 4.79 Å². The Bertz CT molecular complexity index is 1080. The van der Waals surface area contributed by atoms with Gasteiger partial charge in [-0.15, -0.1) is 0 Å². The Kier molecular flexibility index (Phi) is 15.1. The maximum atomic E-state index is 12.4. The summed E-state index contributed by atoms with van der Waals surface area (Å²) >= 11 is 0. The van der Waals surface area contributed by atoms with Crippen LogP contribution in [0.3, 0.4) is 0 Å². The van der Waals surface area contributed by atoms with Crippen LogP contribution in [0.2, 0.25) is 0 Å². The van der Waals surface area contributed by atoms with E-state index in [1.54, 1.807) is 5.57 Å². The molecule has 1 amide bonds. The first-order chi connectivity index (χ1) is 23.2. The second kappa shape index (κ2) is 18.4. The van der Waals surface area contributed by atoms with Crippen LogP contribution >= 0.6 is 0 Å². The molecule has 0 aliphatic heterocycles. The number of fused-ring (bicyclic) bond motifs is 5. The highest BCUT2D eigenvalue weighted by molar-refractivity contribution is 5.78. The van der Waals surface area contributed by atoms with E-state index in [0.717, 1.165) is 54.8 Å². The zero-order valence-corrected chi connectivity index (χ0v) is 32.7. The molecule has 7 heteroatoms. The number of ketones is 1. The van der Waals surface area contributed by atoms with Gasteiger partial charge in [0.25, 0.3) is 0 Å². The van der Waals surface area contributed by atoms with E-state index in [4.69, 9.17) is 18.9 Å². The molecule has 7 nitrogen and oxygen atoms in total. The van der Waals surface area contributed by atoms with Gasteiger partial charge < -0.3 is 24.3 Å². The van der Waals surface area contributed by atoms with Crippen LogP contribution in [0.15, 0.2) is 11.6 Å². The van der Waals surface area contributed by atoms with Crippen molar-refractivity contribution in [3.63, 3.8) is 0 Å². The van der Waals surface area contributed by atoms with Gasteiger partial charge >= 0.3 is 6.09 Å². The van der Waals surface area contributed by atoms with Crippen LogP contribution in [-0.4, -0.2) is 63.2 Å². The van der Waals surface area contributed by atoms with Gasteiger partial charge in [-0.3, -0.25) is 4.79 Å². The minimum atomic E-state index is -0.512. The van der Waals surface area contributed by atoms with Gasteiger partial charge in [0.05, 0.1) is 32.5 Å². The van der Waals surface area contributed by atoms with Crippen LogP contribution in [0.4, 0.5) is 4.79 Å². The van der Waals surface area contributed by atoms with Crippen molar-refractivity contribution in [3.05, 3.63) is 11.6 Å². The summed E-state index contributed by atoms with van der Waals surface area (Å²) in [5, 5.41) is 2.66. The summed E-state index contributed by atoms with van der Waals surface area (Å²) in [6.07, 6.45) is 19.0. The zero-order chi connectivity index (χ0) is 35.7. The van der Waals surface area contributed by atoms with E-state index in [-0.39, 0.29) is 5.78 Å². The summed E-state index contributed by atoms with van der Waals surface area (Å²) in [5.41, 5.74) is 2.06. The fraction of sp³-hybridized carbons (Fsp3) is 0.905. The Morgan fingerprint density at radius 3 is 2.37 bits per heavy atom. The van der Waals surface area contributed by atoms with Crippen molar-refractivity contribution < 1.29 is 28.5 Å². The summed E-state index contributed by atoms with van der Waals surface area (Å²) in [4.78, 5) is 24.0. The largest absolute Gasteiger partial charge is 0.444 e. The minimum Gasteiger partial charge on any atom is -0.444 e. The summed E-state index contributed by atoms with van der Waals surface area (Å²) in [5.74, 6) is 5.45. The lowest BCUT2D eigenvalue weighted by molar-refractivity contribution is -0.120. The van der Waals surface area contributed by atoms with Crippen LogP contribution in [0.25, 0.3) is 0 Å². The molecule has 3 saturated carbocycles. The van der Waals surface area contributed by atoms with E-state index >= 15 is 0 Å². The van der Waals surface area contributed by atoms with Crippen LogP contribution < -0.4 is 5.32 Å². The standard InChI is InChI=1S/C42H73NO6/c1-30(2)11-9-12-31(3)36-16-17-37-35-15-14-32-29-34(18-21-41(32,7)38(35)19-22-42(36,37)8)48-24-10-13-33(44)20-25-46-27-28-47-26-23-43-39(45)49-40(4,5)6/h14,30-31,34-38H,9-13,15-29H2,1-8H3,(H,43,45)/t31-,34+,35?,36-,37?,38?,41+,42-/m1/s1. The van der Waals surface area contributed by atoms with E-state index in [0.29, 0.717) is 69.4 Å². The molecule has 8 atom stereocenters. The van der Waals surface area contributed by atoms with Crippen molar-refractivity contribution in [1.82, 2.24) is 5.32 Å². The maximum absolute atomic E-state index is 12.4. The number of hydrogen-bond acceptors (Lipinski definition) is 6. The summed E-state index contributed by atoms with van der Waals surface area (Å²) in [6.45, 7) is 20.8. The lowest BCUT2D eigenvalue weighted by Gasteiger charge is -2.58. The van der Waals surface area contributed by atoms with Crippen molar-refractivity contribution in [2.45, 2.75) is 157 Å². The Labute approximate surface area is 299 Å². The number of ether oxygens (including phenoxy) is 4. The van der Waals surface area contributed by atoms with Gasteiger partial charge in [0.15, 0.2) is 0 Å². The molecule has 0 saturated heterocycles. The third-order valence-electron chi connectivity index (χ3n) is 13.0. The highest BCUT2D eigenvalue weighted by Gasteiger charge is 2.59. The topological polar surface area (TPSA) is 83.1 Å². The van der Waals surface area contributed by atoms with E-state index < -0.39 is 11.7 Å². The molecule has 0 spiro atoms. The number of allylic oxidation sites excluding steroid dienone is 1.